The zero-order valence-corrected chi connectivity index (χ0v) is 13.3. The first kappa shape index (κ1) is 15.3. The summed E-state index contributed by atoms with van der Waals surface area (Å²) in [6, 6.07) is 4.36. The van der Waals surface area contributed by atoms with Crippen LogP contribution in [0.25, 0.3) is 0 Å². The number of rotatable bonds is 5. The first-order chi connectivity index (χ1) is 10.8. The number of carbonyl (C=O) groups excluding carboxylic acids is 1. The van der Waals surface area contributed by atoms with Crippen molar-refractivity contribution in [2.75, 3.05) is 11.9 Å². The first-order valence-corrected chi connectivity index (χ1v) is 8.82. The highest BCUT2D eigenvalue weighted by Gasteiger charge is 2.21. The van der Waals surface area contributed by atoms with E-state index in [2.05, 4.69) is 15.6 Å². The van der Waals surface area contributed by atoms with Gasteiger partial charge in [0.15, 0.2) is 0 Å². The molecule has 0 aromatic carbocycles. The van der Waals surface area contributed by atoms with Crippen LogP contribution in [0, 0.1) is 5.92 Å². The predicted molar refractivity (Wildman–Crippen MR) is 89.0 cm³/mol. The second kappa shape index (κ2) is 7.61. The summed E-state index contributed by atoms with van der Waals surface area (Å²) in [5.74, 6) is 1.53. The third kappa shape index (κ3) is 4.72. The van der Waals surface area contributed by atoms with Crippen LogP contribution < -0.4 is 10.6 Å². The van der Waals surface area contributed by atoms with E-state index in [1.54, 1.807) is 6.20 Å². The number of nitrogens with one attached hydrogen (secondary N) is 2. The Balaban J connectivity index is 1.45. The van der Waals surface area contributed by atoms with Crippen LogP contribution >= 0.6 is 0 Å². The molecular weight excluding hydrogens is 274 g/mol. The van der Waals surface area contributed by atoms with Crippen molar-refractivity contribution in [3.05, 3.63) is 23.9 Å². The Labute approximate surface area is 133 Å². The van der Waals surface area contributed by atoms with E-state index < -0.39 is 0 Å². The average Bonchev–Trinajstić information content (AvgIpc) is 3.30. The zero-order chi connectivity index (χ0) is 15.2. The van der Waals surface area contributed by atoms with Crippen molar-refractivity contribution in [3.8, 4) is 0 Å². The van der Waals surface area contributed by atoms with Crippen LogP contribution in [-0.2, 0) is 0 Å². The van der Waals surface area contributed by atoms with E-state index in [0.717, 1.165) is 12.4 Å². The van der Waals surface area contributed by atoms with Gasteiger partial charge in [-0.25, -0.2) is 4.98 Å². The topological polar surface area (TPSA) is 54.0 Å². The van der Waals surface area contributed by atoms with Gasteiger partial charge in [-0.3, -0.25) is 4.79 Å². The number of carbonyl (C=O) groups is 1. The molecule has 22 heavy (non-hydrogen) atoms. The molecule has 2 aliphatic rings. The van der Waals surface area contributed by atoms with Gasteiger partial charge in [0, 0.05) is 18.8 Å². The Morgan fingerprint density at radius 1 is 1.05 bits per heavy atom. The lowest BCUT2D eigenvalue weighted by molar-refractivity contribution is 0.0944. The molecule has 2 aliphatic carbocycles. The highest BCUT2D eigenvalue weighted by molar-refractivity contribution is 5.94. The van der Waals surface area contributed by atoms with Crippen molar-refractivity contribution >= 4 is 11.7 Å². The molecule has 0 atom stereocenters. The van der Waals surface area contributed by atoms with E-state index >= 15 is 0 Å². The van der Waals surface area contributed by atoms with Crippen LogP contribution in [0.3, 0.4) is 0 Å². The van der Waals surface area contributed by atoms with E-state index in [9.17, 15) is 4.79 Å². The fourth-order valence-electron chi connectivity index (χ4n) is 3.13. The van der Waals surface area contributed by atoms with Crippen LogP contribution in [0.5, 0.6) is 0 Å². The van der Waals surface area contributed by atoms with Gasteiger partial charge in [-0.1, -0.05) is 32.1 Å². The predicted octanol–water partition coefficient (Wildman–Crippen LogP) is 3.75. The van der Waals surface area contributed by atoms with Crippen molar-refractivity contribution in [1.29, 1.82) is 0 Å². The molecule has 2 fully saturated rings. The Morgan fingerprint density at radius 2 is 1.77 bits per heavy atom. The molecule has 0 radical (unpaired) electrons. The van der Waals surface area contributed by atoms with Crippen LogP contribution in [0.15, 0.2) is 18.3 Å². The van der Waals surface area contributed by atoms with Crippen molar-refractivity contribution in [2.24, 2.45) is 5.92 Å². The maximum Gasteiger partial charge on any atom is 0.252 e. The molecule has 3 rings (SSSR count). The molecule has 0 spiro atoms. The third-order valence-electron chi connectivity index (χ3n) is 4.73. The van der Waals surface area contributed by atoms with Crippen LogP contribution in [0.1, 0.15) is 68.1 Å². The maximum atomic E-state index is 12.2. The minimum Gasteiger partial charge on any atom is -0.367 e. The van der Waals surface area contributed by atoms with Gasteiger partial charge in [0.25, 0.3) is 5.91 Å². The van der Waals surface area contributed by atoms with Gasteiger partial charge in [-0.15, -0.1) is 0 Å². The van der Waals surface area contributed by atoms with E-state index in [1.165, 1.54) is 57.8 Å². The summed E-state index contributed by atoms with van der Waals surface area (Å²) < 4.78 is 0. The lowest BCUT2D eigenvalue weighted by Crippen LogP contribution is -2.29. The smallest absolute Gasteiger partial charge is 0.252 e. The summed E-state index contributed by atoms with van der Waals surface area (Å²) in [4.78, 5) is 16.5. The molecule has 1 amide bonds. The van der Waals surface area contributed by atoms with Crippen molar-refractivity contribution in [3.63, 3.8) is 0 Å². The van der Waals surface area contributed by atoms with Crippen LogP contribution in [0.4, 0.5) is 5.82 Å². The zero-order valence-electron chi connectivity index (χ0n) is 13.3. The van der Waals surface area contributed by atoms with Crippen molar-refractivity contribution in [1.82, 2.24) is 10.3 Å². The number of nitrogens with zero attached hydrogens (tertiary/aromatic N) is 1. The van der Waals surface area contributed by atoms with Gasteiger partial charge in [0.05, 0.1) is 5.56 Å². The number of aromatic nitrogens is 1. The maximum absolute atomic E-state index is 12.2. The van der Waals surface area contributed by atoms with E-state index in [0.29, 0.717) is 17.5 Å². The summed E-state index contributed by atoms with van der Waals surface area (Å²) in [6.45, 7) is 0.806. The molecule has 4 nitrogen and oxygen atoms in total. The molecule has 1 heterocycles. The van der Waals surface area contributed by atoms with Gasteiger partial charge in [0.1, 0.15) is 5.82 Å². The fraction of sp³-hybridized carbons (Fsp3) is 0.667. The Morgan fingerprint density at radius 3 is 2.41 bits per heavy atom. The number of hydrogen-bond donors (Lipinski definition) is 2. The second-order valence-corrected chi connectivity index (χ2v) is 6.77. The normalized spacial score (nSPS) is 20.0. The van der Waals surface area contributed by atoms with E-state index in [1.807, 2.05) is 12.1 Å². The standard InChI is InChI=1S/C18H27N3O/c22-18(20-12-14-6-4-2-1-3-5-7-14)15-8-11-17(19-13-15)21-16-9-10-16/h8,11,13-14,16H,1-7,9-10,12H2,(H,19,21)(H,20,22). The quantitative estimate of drug-likeness (QED) is 0.871. The fourth-order valence-corrected chi connectivity index (χ4v) is 3.13. The highest BCUT2D eigenvalue weighted by Crippen LogP contribution is 2.24. The molecule has 2 saturated carbocycles. The molecular formula is C18H27N3O. The SMILES string of the molecule is O=C(NCC1CCCCCCC1)c1ccc(NC2CC2)nc1. The molecule has 0 aliphatic heterocycles. The number of anilines is 1. The molecule has 1 aromatic rings. The second-order valence-electron chi connectivity index (χ2n) is 6.77. The van der Waals surface area contributed by atoms with Crippen molar-refractivity contribution < 1.29 is 4.79 Å². The van der Waals surface area contributed by atoms with Gasteiger partial charge in [-0.05, 0) is 43.7 Å². The number of pyridine rings is 1. The van der Waals surface area contributed by atoms with E-state index in [-0.39, 0.29) is 5.91 Å². The minimum absolute atomic E-state index is 0.00697. The summed E-state index contributed by atoms with van der Waals surface area (Å²) in [5.41, 5.74) is 0.659. The first-order valence-electron chi connectivity index (χ1n) is 8.82. The molecule has 0 bridgehead atoms. The molecule has 0 saturated heterocycles. The molecule has 1 aromatic heterocycles. The molecule has 120 valence electrons. The van der Waals surface area contributed by atoms with E-state index in [4.69, 9.17) is 0 Å². The summed E-state index contributed by atoms with van der Waals surface area (Å²) in [6.07, 6.45) is 13.3. The van der Waals surface area contributed by atoms with Gasteiger partial charge < -0.3 is 10.6 Å². The van der Waals surface area contributed by atoms with Crippen LogP contribution in [-0.4, -0.2) is 23.5 Å². The highest BCUT2D eigenvalue weighted by atomic mass is 16.1. The molecule has 4 heteroatoms. The summed E-state index contributed by atoms with van der Waals surface area (Å²) >= 11 is 0. The number of amides is 1. The Hall–Kier alpha value is -1.58. The van der Waals surface area contributed by atoms with Crippen LogP contribution in [0.2, 0.25) is 0 Å². The van der Waals surface area contributed by atoms with Crippen molar-refractivity contribution in [2.45, 2.75) is 63.8 Å². The Kier molecular flexibility index (Phi) is 5.30. The third-order valence-corrected chi connectivity index (χ3v) is 4.73. The Bertz CT molecular complexity index is 474. The van der Waals surface area contributed by atoms with Gasteiger partial charge >= 0.3 is 0 Å². The van der Waals surface area contributed by atoms with Gasteiger partial charge in [-0.2, -0.15) is 0 Å². The lowest BCUT2D eigenvalue weighted by Gasteiger charge is -2.20. The lowest BCUT2D eigenvalue weighted by atomic mass is 9.91. The molecule has 2 N–H and O–H groups in total. The monoisotopic (exact) mass is 301 g/mol. The minimum atomic E-state index is 0.00697. The average molecular weight is 301 g/mol. The summed E-state index contributed by atoms with van der Waals surface area (Å²) in [5, 5.41) is 6.43. The number of hydrogen-bond acceptors (Lipinski definition) is 3. The summed E-state index contributed by atoms with van der Waals surface area (Å²) in [7, 11) is 0. The van der Waals surface area contributed by atoms with Gasteiger partial charge in [0.2, 0.25) is 0 Å². The largest absolute Gasteiger partial charge is 0.367 e. The molecule has 0 unspecified atom stereocenters.